The lowest BCUT2D eigenvalue weighted by molar-refractivity contribution is 0.398. The predicted octanol–water partition coefficient (Wildman–Crippen LogP) is 28.2. The maximum atomic E-state index is 5.15. The highest BCUT2D eigenvalue weighted by Crippen LogP contribution is 2.58. The Morgan fingerprint density at radius 1 is 0.283 bits per heavy atom. The van der Waals surface area contributed by atoms with E-state index >= 15 is 0 Å². The first-order valence-electron chi connectivity index (χ1n) is 38.8. The van der Waals surface area contributed by atoms with Crippen LogP contribution in [0.15, 0.2) is 203 Å². The number of unbranched alkanes of at least 4 members (excludes halogenated alkanes) is 20. The number of hydrogen-bond donors (Lipinski definition) is 0. The van der Waals surface area contributed by atoms with E-state index in [0.29, 0.717) is 6.67 Å². The topological polar surface area (TPSA) is 24.7 Å². The van der Waals surface area contributed by atoms with Crippen LogP contribution in [0.5, 0.6) is 0 Å². The molecule has 0 bridgehead atoms. The van der Waals surface area contributed by atoms with E-state index in [0.717, 1.165) is 29.1 Å². The van der Waals surface area contributed by atoms with Crippen molar-refractivity contribution < 1.29 is 0 Å². The lowest BCUT2D eigenvalue weighted by atomic mass is 9.69. The highest BCUT2D eigenvalue weighted by molar-refractivity contribution is 7.11. The Kier molecular flexibility index (Phi) is 24.0. The molecule has 0 atom stereocenters. The Balaban J connectivity index is 0.972. The summed E-state index contributed by atoms with van der Waals surface area (Å²) in [5, 5.41) is 6.49. The van der Waals surface area contributed by atoms with Crippen molar-refractivity contribution >= 4 is 47.0 Å². The average molecular weight is 1340 g/mol. The van der Waals surface area contributed by atoms with E-state index in [4.69, 9.17) is 9.98 Å². The summed E-state index contributed by atoms with van der Waals surface area (Å²) in [5.41, 5.74) is 26.7. The Labute approximate surface area is 602 Å². The summed E-state index contributed by atoms with van der Waals surface area (Å²) in [6.45, 7) is 9.84. The van der Waals surface area contributed by atoms with Crippen LogP contribution in [0, 0.1) is 0 Å². The zero-order valence-electron chi connectivity index (χ0n) is 60.0. The lowest BCUT2D eigenvalue weighted by Gasteiger charge is -2.34. The van der Waals surface area contributed by atoms with Crippen molar-refractivity contribution in [1.82, 2.24) is 0 Å². The molecular formula is C95H106N2S2. The van der Waals surface area contributed by atoms with Gasteiger partial charge in [0.15, 0.2) is 0 Å². The molecule has 0 radical (unpaired) electrons. The van der Waals surface area contributed by atoms with Gasteiger partial charge in [-0.2, -0.15) is 0 Å². The molecule has 0 saturated heterocycles. The first kappa shape index (κ1) is 69.7. The van der Waals surface area contributed by atoms with Crippen LogP contribution >= 0.6 is 22.7 Å². The standard InChI is InChI=1S/C95H106N2S2/c1-5-9-13-17-21-31-57-94(58-32-22-18-14-10-6-2)88-65-72(70-37-27-25-28-38-70)45-51-82(88)84-53-47-76(67-90(84)94)86-63-74(44-50-79-42-36-62-99-79)87(64-73(86)43-49-78-41-35-61-98-78)77-48-54-85-83-52-46-75(81-56-55-80(71-39-29-26-30-40-71)92-93(81)97-69-96-92)66-89(83)95(91(85)68-77,59-33-23-19-15-11-7-3)60-34-24-20-16-12-8-4/h25-30,35-56,61-68H,5-24,31-34,57-60,69H2,1-4H3/b49-43+,50-44+. The fraction of sp³-hybridized carbons (Fsp3) is 0.368. The Bertz CT molecular complexity index is 4440. The smallest absolute Gasteiger partial charge is 0.130 e. The van der Waals surface area contributed by atoms with E-state index in [-0.39, 0.29) is 10.8 Å². The van der Waals surface area contributed by atoms with Crippen LogP contribution < -0.4 is 10.7 Å². The number of rotatable bonds is 37. The molecule has 1 aliphatic heterocycles. The van der Waals surface area contributed by atoms with Gasteiger partial charge in [0, 0.05) is 31.7 Å². The minimum atomic E-state index is -0.156. The van der Waals surface area contributed by atoms with E-state index in [1.165, 1.54) is 271 Å². The first-order chi connectivity index (χ1) is 48.9. The quantitative estimate of drug-likeness (QED) is 0.0347. The second-order valence-electron chi connectivity index (χ2n) is 29.0. The lowest BCUT2D eigenvalue weighted by Crippen LogP contribution is -2.27. The van der Waals surface area contributed by atoms with Gasteiger partial charge in [-0.05, 0) is 197 Å². The molecule has 2 aliphatic carbocycles. The number of hydrogen-bond acceptors (Lipinski definition) is 4. The summed E-state index contributed by atoms with van der Waals surface area (Å²) in [6.07, 6.45) is 45.1. The van der Waals surface area contributed by atoms with Crippen molar-refractivity contribution in [1.29, 1.82) is 0 Å². The van der Waals surface area contributed by atoms with Crippen molar-refractivity contribution in [2.24, 2.45) is 9.98 Å². The zero-order chi connectivity index (χ0) is 67.6. The van der Waals surface area contributed by atoms with Gasteiger partial charge in [0.2, 0.25) is 0 Å². The maximum Gasteiger partial charge on any atom is 0.130 e. The van der Waals surface area contributed by atoms with E-state index in [9.17, 15) is 0 Å². The molecule has 99 heavy (non-hydrogen) atoms. The fourth-order valence-corrected chi connectivity index (χ4v) is 18.4. The molecule has 0 unspecified atom stereocenters. The number of benzene rings is 8. The Hall–Kier alpha value is -7.76. The van der Waals surface area contributed by atoms with E-state index in [1.54, 1.807) is 11.1 Å². The van der Waals surface area contributed by atoms with Gasteiger partial charge in [-0.3, -0.25) is 9.98 Å². The summed E-state index contributed by atoms with van der Waals surface area (Å²) in [5.74, 6) is 0. The molecule has 0 fully saturated rings. The van der Waals surface area contributed by atoms with Gasteiger partial charge < -0.3 is 0 Å². The summed E-state index contributed by atoms with van der Waals surface area (Å²) in [4.78, 5) is 12.8. The molecule has 3 heterocycles. The van der Waals surface area contributed by atoms with Gasteiger partial charge >= 0.3 is 0 Å². The van der Waals surface area contributed by atoms with Gasteiger partial charge in [-0.1, -0.05) is 327 Å². The van der Waals surface area contributed by atoms with Gasteiger partial charge in [-0.25, -0.2) is 0 Å². The number of nitrogens with zero attached hydrogens (tertiary/aromatic N) is 2. The molecule has 13 rings (SSSR count). The second kappa shape index (κ2) is 34.1. The molecule has 8 aromatic carbocycles. The van der Waals surface area contributed by atoms with Crippen molar-refractivity contribution in [2.45, 2.75) is 218 Å². The van der Waals surface area contributed by atoms with Gasteiger partial charge in [-0.15, -0.1) is 22.7 Å². The third-order valence-electron chi connectivity index (χ3n) is 22.4. The minimum absolute atomic E-state index is 0.0891. The SMILES string of the molecule is CCCCCCCCC1(CCCCCCCC)c2cc(-c3ccccc3)ccc2-c2ccc(-c3cc(/C=C/c4cccs4)c(-c4ccc5c(c4)C(CCCCCCCC)(CCCCCCCC)c4cc(-c6ccc(-c7ccccc7)c7c6=NCN=7)ccc4-5)cc3/C=C/c3cccs3)cc21. The summed E-state index contributed by atoms with van der Waals surface area (Å²) in [7, 11) is 0. The second-order valence-corrected chi connectivity index (χ2v) is 31.0. The van der Waals surface area contributed by atoms with E-state index in [2.05, 4.69) is 245 Å². The monoisotopic (exact) mass is 1340 g/mol. The normalized spacial score (nSPS) is 13.8. The van der Waals surface area contributed by atoms with Gasteiger partial charge in [0.1, 0.15) is 6.67 Å². The third-order valence-corrected chi connectivity index (χ3v) is 24.1. The number of thiophene rings is 2. The van der Waals surface area contributed by atoms with Crippen LogP contribution in [0.4, 0.5) is 0 Å². The van der Waals surface area contributed by atoms with Crippen molar-refractivity contribution in [3.63, 3.8) is 0 Å². The van der Waals surface area contributed by atoms with Crippen LogP contribution in [-0.2, 0) is 10.8 Å². The molecule has 0 spiro atoms. The maximum absolute atomic E-state index is 5.15. The van der Waals surface area contributed by atoms with E-state index < -0.39 is 0 Å². The zero-order valence-corrected chi connectivity index (χ0v) is 61.6. The molecule has 4 heteroatoms. The van der Waals surface area contributed by atoms with Crippen LogP contribution in [0.1, 0.15) is 251 Å². The molecule has 2 nitrogen and oxygen atoms in total. The number of fused-ring (bicyclic) bond motifs is 7. The van der Waals surface area contributed by atoms with Gasteiger partial charge in [0.05, 0.1) is 10.7 Å². The summed E-state index contributed by atoms with van der Waals surface area (Å²) < 4.78 is 0. The first-order valence-corrected chi connectivity index (χ1v) is 40.5. The summed E-state index contributed by atoms with van der Waals surface area (Å²) in [6, 6.07) is 71.1. The Morgan fingerprint density at radius 3 is 0.980 bits per heavy atom. The van der Waals surface area contributed by atoms with Gasteiger partial charge in [0.25, 0.3) is 0 Å². The fourth-order valence-electron chi connectivity index (χ4n) is 17.1. The van der Waals surface area contributed by atoms with E-state index in [1.807, 2.05) is 22.7 Å². The van der Waals surface area contributed by atoms with Crippen LogP contribution in [0.3, 0.4) is 0 Å². The molecule has 3 aliphatic rings. The average Bonchev–Trinajstić information content (AvgIpc) is 1.57. The third kappa shape index (κ3) is 15.7. The molecular weight excluding hydrogens is 1230 g/mol. The van der Waals surface area contributed by atoms with Crippen LogP contribution in [0.2, 0.25) is 0 Å². The largest absolute Gasteiger partial charge is 0.259 e. The molecule has 0 saturated carbocycles. The molecule has 10 aromatic rings. The van der Waals surface area contributed by atoms with Crippen LogP contribution in [0.25, 0.3) is 102 Å². The Morgan fingerprint density at radius 2 is 0.606 bits per heavy atom. The minimum Gasteiger partial charge on any atom is -0.259 e. The molecule has 2 aromatic heterocycles. The highest BCUT2D eigenvalue weighted by Gasteiger charge is 2.45. The molecule has 508 valence electrons. The molecule has 0 amide bonds. The molecule has 0 N–H and O–H groups in total. The van der Waals surface area contributed by atoms with Crippen molar-refractivity contribution in [3.05, 3.63) is 247 Å². The van der Waals surface area contributed by atoms with Crippen molar-refractivity contribution in [3.8, 4) is 77.9 Å². The predicted molar refractivity (Wildman–Crippen MR) is 432 cm³/mol. The summed E-state index contributed by atoms with van der Waals surface area (Å²) >= 11 is 3.64. The van der Waals surface area contributed by atoms with Crippen molar-refractivity contribution in [2.75, 3.05) is 6.67 Å². The van der Waals surface area contributed by atoms with Crippen LogP contribution in [-0.4, -0.2) is 6.67 Å². The highest BCUT2D eigenvalue weighted by atomic mass is 32.1.